The first-order chi connectivity index (χ1) is 7.64. The lowest BCUT2D eigenvalue weighted by Gasteiger charge is -1.84. The molecule has 0 aliphatic heterocycles. The molecule has 2 rings (SSSR count). The molecule has 0 bridgehead atoms. The summed E-state index contributed by atoms with van der Waals surface area (Å²) in [4.78, 5) is 8.15. The Morgan fingerprint density at radius 1 is 0.938 bits per heavy atom. The molecule has 2 nitrogen and oxygen atoms in total. The maximum absolute atomic E-state index is 9.44. The lowest BCUT2D eigenvalue weighted by Crippen LogP contribution is -2.03. The largest absolute Gasteiger partial charge is 0.479 e. The van der Waals surface area contributed by atoms with Gasteiger partial charge in [-0.15, -0.1) is 0 Å². The number of hydrogen-bond donors (Lipinski definition) is 1. The molecule has 0 spiro atoms. The Bertz CT molecular complexity index is 260. The van der Waals surface area contributed by atoms with Gasteiger partial charge in [-0.1, -0.05) is 71.8 Å². The minimum atomic E-state index is -1.29. The zero-order valence-corrected chi connectivity index (χ0v) is 10.2. The first-order valence-corrected chi connectivity index (χ1v) is 5.66. The van der Waals surface area contributed by atoms with Crippen LogP contribution in [0.1, 0.15) is 12.8 Å². The van der Waals surface area contributed by atoms with Crippen LogP contribution in [0, 0.1) is 0 Å². The van der Waals surface area contributed by atoms with Gasteiger partial charge in [-0.05, 0) is 12.8 Å². The number of alkyl halides is 2. The number of allylic oxidation sites excluding steroid dienone is 8. The second kappa shape index (κ2) is 10.5. The highest BCUT2D eigenvalue weighted by atomic mass is 35.5. The molecule has 0 saturated carbocycles. The molecule has 88 valence electrons. The second-order valence-corrected chi connectivity index (χ2v) is 3.92. The number of rotatable bonds is 1. The number of aliphatic carboxylic acids is 1. The average molecular weight is 261 g/mol. The molecule has 0 atom stereocenters. The van der Waals surface area contributed by atoms with Gasteiger partial charge >= 0.3 is 5.97 Å². The summed E-state index contributed by atoms with van der Waals surface area (Å²) < 4.78 is 0. The van der Waals surface area contributed by atoms with E-state index >= 15 is 0 Å². The lowest BCUT2D eigenvalue weighted by atomic mass is 10.5. The number of hydrogen-bond acceptors (Lipinski definition) is 1. The summed E-state index contributed by atoms with van der Waals surface area (Å²) in [6, 6.07) is 0. The summed E-state index contributed by atoms with van der Waals surface area (Å²) in [6.07, 6.45) is 19.0. The van der Waals surface area contributed by atoms with E-state index in [1.165, 1.54) is 0 Å². The fourth-order valence-electron chi connectivity index (χ4n) is 0.786. The van der Waals surface area contributed by atoms with Gasteiger partial charge in [0.25, 0.3) is 0 Å². The standard InChI is InChI=1S/2C5H6.C2H2Cl2O2/c2*1-2-4-5-3-1;3-1(4)2(5)6/h2*1-4H,5H2;1H,(H,5,6). The molecule has 4 heteroatoms. The van der Waals surface area contributed by atoms with Crippen LogP contribution < -0.4 is 0 Å². The Kier molecular flexibility index (Phi) is 9.87. The van der Waals surface area contributed by atoms with Crippen LogP contribution in [0.25, 0.3) is 0 Å². The second-order valence-electron chi connectivity index (χ2n) is 2.82. The Labute approximate surface area is 106 Å². The summed E-state index contributed by atoms with van der Waals surface area (Å²) in [7, 11) is 0. The van der Waals surface area contributed by atoms with Crippen molar-refractivity contribution in [2.75, 3.05) is 0 Å². The molecule has 0 unspecified atom stereocenters. The highest BCUT2D eigenvalue weighted by molar-refractivity contribution is 6.52. The van der Waals surface area contributed by atoms with Crippen molar-refractivity contribution in [3.8, 4) is 0 Å². The molecule has 0 heterocycles. The van der Waals surface area contributed by atoms with Gasteiger partial charge in [0.1, 0.15) is 0 Å². The van der Waals surface area contributed by atoms with E-state index in [0.717, 1.165) is 12.8 Å². The monoisotopic (exact) mass is 260 g/mol. The molecule has 0 saturated heterocycles. The zero-order valence-electron chi connectivity index (χ0n) is 8.72. The van der Waals surface area contributed by atoms with Gasteiger partial charge in [0.15, 0.2) is 0 Å². The molecule has 1 N–H and O–H groups in total. The number of halogens is 2. The molecule has 0 amide bonds. The van der Waals surface area contributed by atoms with Crippen molar-refractivity contribution >= 4 is 29.2 Å². The molecule has 16 heavy (non-hydrogen) atoms. The molecule has 0 aromatic heterocycles. The van der Waals surface area contributed by atoms with Crippen molar-refractivity contribution in [3.05, 3.63) is 48.6 Å². The molecule has 0 radical (unpaired) electrons. The Morgan fingerprint density at radius 3 is 1.25 bits per heavy atom. The minimum Gasteiger partial charge on any atom is -0.479 e. The molecule has 0 fully saturated rings. The summed E-state index contributed by atoms with van der Waals surface area (Å²) in [5, 5.41) is 7.73. The third-order valence-electron chi connectivity index (χ3n) is 1.50. The van der Waals surface area contributed by atoms with Crippen LogP contribution in [0.15, 0.2) is 48.6 Å². The van der Waals surface area contributed by atoms with Gasteiger partial charge in [-0.25, -0.2) is 4.79 Å². The van der Waals surface area contributed by atoms with Crippen LogP contribution >= 0.6 is 23.2 Å². The van der Waals surface area contributed by atoms with Gasteiger partial charge in [0, 0.05) is 0 Å². The Morgan fingerprint density at radius 2 is 1.19 bits per heavy atom. The highest BCUT2D eigenvalue weighted by Gasteiger charge is 2.05. The molecule has 2 aliphatic carbocycles. The highest BCUT2D eigenvalue weighted by Crippen LogP contribution is 1.98. The SMILES string of the molecule is C1=CCC=C1.C1=CCC=C1.O=C(O)C(Cl)Cl. The van der Waals surface area contributed by atoms with E-state index in [1.54, 1.807) is 0 Å². The smallest absolute Gasteiger partial charge is 0.337 e. The number of carboxylic acid groups (broad SMARTS) is 1. The summed E-state index contributed by atoms with van der Waals surface area (Å²) in [5.74, 6) is -1.21. The van der Waals surface area contributed by atoms with E-state index in [2.05, 4.69) is 48.6 Å². The van der Waals surface area contributed by atoms with Crippen molar-refractivity contribution in [1.82, 2.24) is 0 Å². The van der Waals surface area contributed by atoms with E-state index in [9.17, 15) is 4.79 Å². The van der Waals surface area contributed by atoms with Crippen molar-refractivity contribution in [1.29, 1.82) is 0 Å². The number of carbonyl (C=O) groups is 1. The maximum Gasteiger partial charge on any atom is 0.337 e. The predicted octanol–water partition coefficient (Wildman–Crippen LogP) is 3.88. The lowest BCUT2D eigenvalue weighted by molar-refractivity contribution is -0.135. The summed E-state index contributed by atoms with van der Waals surface area (Å²) >= 11 is 9.56. The van der Waals surface area contributed by atoms with Crippen LogP contribution in [0.4, 0.5) is 0 Å². The van der Waals surface area contributed by atoms with Crippen molar-refractivity contribution in [2.24, 2.45) is 0 Å². The van der Waals surface area contributed by atoms with Gasteiger partial charge in [0.2, 0.25) is 4.84 Å². The number of carboxylic acids is 1. The topological polar surface area (TPSA) is 37.3 Å². The Balaban J connectivity index is 0.000000211. The van der Waals surface area contributed by atoms with Crippen LogP contribution in [0.5, 0.6) is 0 Å². The third-order valence-corrected chi connectivity index (χ3v) is 1.87. The summed E-state index contributed by atoms with van der Waals surface area (Å²) in [6.45, 7) is 0. The summed E-state index contributed by atoms with van der Waals surface area (Å²) in [5.41, 5.74) is 0. The van der Waals surface area contributed by atoms with E-state index in [4.69, 9.17) is 28.3 Å². The molecule has 0 aromatic rings. The van der Waals surface area contributed by atoms with E-state index in [1.807, 2.05) is 0 Å². The minimum absolute atomic E-state index is 1.14. The fraction of sp³-hybridized carbons (Fsp3) is 0.250. The van der Waals surface area contributed by atoms with Crippen molar-refractivity contribution < 1.29 is 9.90 Å². The first-order valence-electron chi connectivity index (χ1n) is 4.79. The zero-order chi connectivity index (χ0) is 12.2. The van der Waals surface area contributed by atoms with Gasteiger partial charge < -0.3 is 5.11 Å². The quantitative estimate of drug-likeness (QED) is 0.727. The van der Waals surface area contributed by atoms with E-state index in [0.29, 0.717) is 0 Å². The van der Waals surface area contributed by atoms with E-state index < -0.39 is 10.8 Å². The van der Waals surface area contributed by atoms with Crippen molar-refractivity contribution in [2.45, 2.75) is 17.7 Å². The van der Waals surface area contributed by atoms with Crippen LogP contribution in [0.3, 0.4) is 0 Å². The molecule has 0 aromatic carbocycles. The Hall–Kier alpha value is -0.990. The predicted molar refractivity (Wildman–Crippen MR) is 68.9 cm³/mol. The van der Waals surface area contributed by atoms with Crippen LogP contribution in [-0.2, 0) is 4.79 Å². The van der Waals surface area contributed by atoms with Crippen LogP contribution in [0.2, 0.25) is 0 Å². The molecule has 2 aliphatic rings. The van der Waals surface area contributed by atoms with Gasteiger partial charge in [-0.3, -0.25) is 0 Å². The first kappa shape index (κ1) is 15.0. The third kappa shape index (κ3) is 11.1. The molecular formula is C12H14Cl2O2. The van der Waals surface area contributed by atoms with Crippen molar-refractivity contribution in [3.63, 3.8) is 0 Å². The molecular weight excluding hydrogens is 247 g/mol. The van der Waals surface area contributed by atoms with Gasteiger partial charge in [-0.2, -0.15) is 0 Å². The van der Waals surface area contributed by atoms with Gasteiger partial charge in [0.05, 0.1) is 0 Å². The van der Waals surface area contributed by atoms with Crippen LogP contribution in [-0.4, -0.2) is 15.9 Å². The maximum atomic E-state index is 9.44. The average Bonchev–Trinajstić information content (AvgIpc) is 2.97. The normalized spacial score (nSPS) is 14.4. The van der Waals surface area contributed by atoms with E-state index in [-0.39, 0.29) is 0 Å². The fourth-order valence-corrected chi connectivity index (χ4v) is 0.786.